The van der Waals surface area contributed by atoms with E-state index in [1.807, 2.05) is 48.5 Å². The predicted octanol–water partition coefficient (Wildman–Crippen LogP) is 4.74. The van der Waals surface area contributed by atoms with Gasteiger partial charge in [-0.1, -0.05) is 78.9 Å². The summed E-state index contributed by atoms with van der Waals surface area (Å²) in [6.45, 7) is 0.333. The first-order chi connectivity index (χ1) is 14.1. The second-order valence-corrected chi connectivity index (χ2v) is 8.63. The molecule has 0 unspecified atom stereocenters. The van der Waals surface area contributed by atoms with E-state index in [0.717, 1.165) is 5.39 Å². The lowest BCUT2D eigenvalue weighted by Crippen LogP contribution is -2.26. The fourth-order valence-electron chi connectivity index (χ4n) is 3.60. The topological polar surface area (TPSA) is 59.1 Å². The monoisotopic (exact) mass is 402 g/mol. The number of pyridine rings is 1. The maximum atomic E-state index is 12.9. The first-order valence-corrected chi connectivity index (χ1v) is 11.1. The average Bonchev–Trinajstić information content (AvgIpc) is 2.77. The van der Waals surface area contributed by atoms with Gasteiger partial charge in [-0.25, -0.2) is 13.1 Å². The molecule has 0 aliphatic carbocycles. The van der Waals surface area contributed by atoms with Gasteiger partial charge >= 0.3 is 0 Å². The number of aromatic nitrogens is 1. The summed E-state index contributed by atoms with van der Waals surface area (Å²) in [5, 5.41) is 0.807. The summed E-state index contributed by atoms with van der Waals surface area (Å²) in [4.78, 5) is 4.48. The van der Waals surface area contributed by atoms with Gasteiger partial charge in [0.1, 0.15) is 4.90 Å². The Morgan fingerprint density at radius 3 is 2.03 bits per heavy atom. The molecule has 0 aliphatic heterocycles. The molecule has 1 N–H and O–H groups in total. The molecule has 0 saturated carbocycles. The predicted molar refractivity (Wildman–Crippen MR) is 116 cm³/mol. The molecular formula is C24H22N2O2S. The van der Waals surface area contributed by atoms with Crippen molar-refractivity contribution in [1.82, 2.24) is 9.71 Å². The van der Waals surface area contributed by atoms with E-state index < -0.39 is 10.0 Å². The number of nitrogens with one attached hydrogen (secondary N) is 1. The smallest absolute Gasteiger partial charge is 0.242 e. The SMILES string of the molecule is O=S(=O)(NCCC(c1ccccc1)c1ccccc1)c1cccc2cccnc12. The largest absolute Gasteiger partial charge is 0.255 e. The van der Waals surface area contributed by atoms with Crippen LogP contribution in [-0.4, -0.2) is 19.9 Å². The Morgan fingerprint density at radius 1 is 0.759 bits per heavy atom. The maximum absolute atomic E-state index is 12.9. The van der Waals surface area contributed by atoms with Crippen LogP contribution in [0, 0.1) is 0 Å². The van der Waals surface area contributed by atoms with E-state index in [-0.39, 0.29) is 10.8 Å². The standard InChI is InChI=1S/C24H22N2O2S/c27-29(28,23-15-7-13-21-14-8-17-25-24(21)23)26-18-16-22(19-9-3-1-4-10-19)20-11-5-2-6-12-20/h1-15,17,22,26H,16,18H2. The normalized spacial score (nSPS) is 11.8. The van der Waals surface area contributed by atoms with E-state index in [0.29, 0.717) is 18.5 Å². The molecule has 0 atom stereocenters. The molecule has 0 fully saturated rings. The van der Waals surface area contributed by atoms with E-state index in [2.05, 4.69) is 34.0 Å². The van der Waals surface area contributed by atoms with Crippen LogP contribution in [0.15, 0.2) is 102 Å². The summed E-state index contributed by atoms with van der Waals surface area (Å²) < 4.78 is 28.7. The molecule has 4 aromatic rings. The van der Waals surface area contributed by atoms with Crippen molar-refractivity contribution in [2.24, 2.45) is 0 Å². The Balaban J connectivity index is 1.55. The zero-order valence-electron chi connectivity index (χ0n) is 15.9. The van der Waals surface area contributed by atoms with Crippen molar-refractivity contribution < 1.29 is 8.42 Å². The maximum Gasteiger partial charge on any atom is 0.242 e. The molecule has 0 aliphatic rings. The second-order valence-electron chi connectivity index (χ2n) is 6.89. The molecule has 0 spiro atoms. The highest BCUT2D eigenvalue weighted by molar-refractivity contribution is 7.89. The van der Waals surface area contributed by atoms with Gasteiger partial charge in [0, 0.05) is 24.0 Å². The van der Waals surface area contributed by atoms with Gasteiger partial charge in [-0.05, 0) is 29.7 Å². The Hall–Kier alpha value is -3.02. The number of rotatable bonds is 7. The van der Waals surface area contributed by atoms with Crippen molar-refractivity contribution in [3.63, 3.8) is 0 Å². The minimum atomic E-state index is -3.66. The summed E-state index contributed by atoms with van der Waals surface area (Å²) in [5.41, 5.74) is 2.83. The summed E-state index contributed by atoms with van der Waals surface area (Å²) >= 11 is 0. The van der Waals surface area contributed by atoms with Crippen LogP contribution in [0.25, 0.3) is 10.9 Å². The zero-order valence-corrected chi connectivity index (χ0v) is 16.7. The quantitative estimate of drug-likeness (QED) is 0.486. The lowest BCUT2D eigenvalue weighted by atomic mass is 9.89. The summed E-state index contributed by atoms with van der Waals surface area (Å²) in [5.74, 6) is 0.116. The minimum absolute atomic E-state index is 0.116. The molecule has 3 aromatic carbocycles. The number of benzene rings is 3. The molecule has 0 saturated heterocycles. The van der Waals surface area contributed by atoms with Gasteiger partial charge in [-0.2, -0.15) is 0 Å². The highest BCUT2D eigenvalue weighted by Crippen LogP contribution is 2.28. The molecule has 146 valence electrons. The van der Waals surface area contributed by atoms with E-state index in [4.69, 9.17) is 0 Å². The van der Waals surface area contributed by atoms with Gasteiger partial charge in [0.2, 0.25) is 10.0 Å². The lowest BCUT2D eigenvalue weighted by molar-refractivity contribution is 0.576. The van der Waals surface area contributed by atoms with Crippen LogP contribution in [0.2, 0.25) is 0 Å². The number of nitrogens with zero attached hydrogens (tertiary/aromatic N) is 1. The van der Waals surface area contributed by atoms with Gasteiger partial charge in [0.05, 0.1) is 5.52 Å². The number of sulfonamides is 1. The van der Waals surface area contributed by atoms with Crippen molar-refractivity contribution in [3.8, 4) is 0 Å². The van der Waals surface area contributed by atoms with Crippen LogP contribution in [0.1, 0.15) is 23.5 Å². The zero-order chi connectivity index (χ0) is 20.1. The third-order valence-electron chi connectivity index (χ3n) is 5.01. The van der Waals surface area contributed by atoms with Crippen molar-refractivity contribution >= 4 is 20.9 Å². The van der Waals surface area contributed by atoms with Gasteiger partial charge < -0.3 is 0 Å². The Labute approximate surface area is 171 Å². The molecule has 0 radical (unpaired) electrons. The van der Waals surface area contributed by atoms with Crippen LogP contribution in [0.5, 0.6) is 0 Å². The fraction of sp³-hybridized carbons (Fsp3) is 0.125. The van der Waals surface area contributed by atoms with Gasteiger partial charge in [-0.15, -0.1) is 0 Å². The summed E-state index contributed by atoms with van der Waals surface area (Å²) in [7, 11) is -3.66. The molecule has 1 aromatic heterocycles. The second kappa shape index (κ2) is 8.55. The Bertz CT molecular complexity index is 1150. The molecule has 1 heterocycles. The van der Waals surface area contributed by atoms with Crippen molar-refractivity contribution in [2.75, 3.05) is 6.54 Å². The van der Waals surface area contributed by atoms with Crippen molar-refractivity contribution in [3.05, 3.63) is 108 Å². The van der Waals surface area contributed by atoms with Crippen molar-refractivity contribution in [2.45, 2.75) is 17.2 Å². The fourth-order valence-corrected chi connectivity index (χ4v) is 4.83. The first kappa shape index (κ1) is 19.3. The van der Waals surface area contributed by atoms with Crippen LogP contribution >= 0.6 is 0 Å². The molecule has 29 heavy (non-hydrogen) atoms. The molecule has 0 amide bonds. The number of fused-ring (bicyclic) bond motifs is 1. The molecule has 4 rings (SSSR count). The average molecular weight is 403 g/mol. The number of para-hydroxylation sites is 1. The van der Waals surface area contributed by atoms with E-state index >= 15 is 0 Å². The highest BCUT2D eigenvalue weighted by atomic mass is 32.2. The van der Waals surface area contributed by atoms with E-state index in [1.165, 1.54) is 11.1 Å². The summed E-state index contributed by atoms with van der Waals surface area (Å²) in [6.07, 6.45) is 2.27. The molecule has 5 heteroatoms. The van der Waals surface area contributed by atoms with Crippen LogP contribution in [0.4, 0.5) is 0 Å². The van der Waals surface area contributed by atoms with E-state index in [1.54, 1.807) is 24.4 Å². The van der Waals surface area contributed by atoms with Crippen LogP contribution < -0.4 is 4.72 Å². The highest BCUT2D eigenvalue weighted by Gasteiger charge is 2.19. The van der Waals surface area contributed by atoms with Crippen LogP contribution in [0.3, 0.4) is 0 Å². The van der Waals surface area contributed by atoms with Gasteiger partial charge in [-0.3, -0.25) is 4.98 Å². The first-order valence-electron chi connectivity index (χ1n) is 9.58. The van der Waals surface area contributed by atoms with E-state index in [9.17, 15) is 8.42 Å². The van der Waals surface area contributed by atoms with Crippen LogP contribution in [-0.2, 0) is 10.0 Å². The Kier molecular flexibility index (Phi) is 5.69. The minimum Gasteiger partial charge on any atom is -0.255 e. The lowest BCUT2D eigenvalue weighted by Gasteiger charge is -2.18. The van der Waals surface area contributed by atoms with Gasteiger partial charge in [0.15, 0.2) is 0 Å². The molecule has 0 bridgehead atoms. The van der Waals surface area contributed by atoms with Gasteiger partial charge in [0.25, 0.3) is 0 Å². The Morgan fingerprint density at radius 2 is 1.38 bits per heavy atom. The molecular weight excluding hydrogens is 380 g/mol. The third-order valence-corrected chi connectivity index (χ3v) is 6.51. The van der Waals surface area contributed by atoms with Crippen molar-refractivity contribution in [1.29, 1.82) is 0 Å². The third kappa shape index (κ3) is 4.36. The summed E-state index contributed by atoms with van der Waals surface area (Å²) in [6, 6.07) is 29.2. The number of hydrogen-bond donors (Lipinski definition) is 1. The number of hydrogen-bond acceptors (Lipinski definition) is 3. The molecule has 4 nitrogen and oxygen atoms in total.